The zero-order valence-electron chi connectivity index (χ0n) is 11.7. The Morgan fingerprint density at radius 3 is 2.50 bits per heavy atom. The SMILES string of the molecule is CC(C)Cc1cc(C(C)C)ccc1-n1ccnc1. The first-order chi connectivity index (χ1) is 8.58. The highest BCUT2D eigenvalue weighted by atomic mass is 15.0. The Hall–Kier alpha value is -1.57. The predicted molar refractivity (Wildman–Crippen MR) is 76.2 cm³/mol. The zero-order chi connectivity index (χ0) is 13.1. The highest BCUT2D eigenvalue weighted by Gasteiger charge is 2.09. The Morgan fingerprint density at radius 2 is 1.94 bits per heavy atom. The van der Waals surface area contributed by atoms with Crippen molar-refractivity contribution in [1.82, 2.24) is 9.55 Å². The van der Waals surface area contributed by atoms with Crippen LogP contribution in [-0.2, 0) is 6.42 Å². The quantitative estimate of drug-likeness (QED) is 0.786. The van der Waals surface area contributed by atoms with Gasteiger partial charge in [-0.25, -0.2) is 4.98 Å². The van der Waals surface area contributed by atoms with Gasteiger partial charge in [0.05, 0.1) is 6.33 Å². The fourth-order valence-electron chi connectivity index (χ4n) is 2.22. The van der Waals surface area contributed by atoms with Gasteiger partial charge in [-0.05, 0) is 35.4 Å². The molecule has 2 rings (SSSR count). The summed E-state index contributed by atoms with van der Waals surface area (Å²) < 4.78 is 2.10. The Bertz CT molecular complexity index is 496. The van der Waals surface area contributed by atoms with Crippen molar-refractivity contribution in [2.24, 2.45) is 5.92 Å². The average molecular weight is 242 g/mol. The standard InChI is InChI=1S/C16H22N2/c1-12(2)9-15-10-14(13(3)4)5-6-16(15)18-8-7-17-11-18/h5-8,10-13H,9H2,1-4H3. The van der Waals surface area contributed by atoms with Crippen molar-refractivity contribution in [3.05, 3.63) is 48.0 Å². The Labute approximate surface area is 110 Å². The van der Waals surface area contributed by atoms with Gasteiger partial charge in [0, 0.05) is 18.1 Å². The Balaban J connectivity index is 2.45. The summed E-state index contributed by atoms with van der Waals surface area (Å²) in [7, 11) is 0. The molecule has 0 aliphatic heterocycles. The third-order valence-electron chi connectivity index (χ3n) is 3.18. The highest BCUT2D eigenvalue weighted by Crippen LogP contribution is 2.23. The van der Waals surface area contributed by atoms with Gasteiger partial charge in [-0.2, -0.15) is 0 Å². The molecule has 2 aromatic rings. The molecule has 18 heavy (non-hydrogen) atoms. The van der Waals surface area contributed by atoms with Crippen LogP contribution in [0.2, 0.25) is 0 Å². The van der Waals surface area contributed by atoms with Crippen LogP contribution in [0.1, 0.15) is 44.7 Å². The number of benzene rings is 1. The zero-order valence-corrected chi connectivity index (χ0v) is 11.7. The molecule has 2 heteroatoms. The van der Waals surface area contributed by atoms with Gasteiger partial charge in [-0.15, -0.1) is 0 Å². The number of nitrogens with zero attached hydrogens (tertiary/aromatic N) is 2. The van der Waals surface area contributed by atoms with Crippen LogP contribution < -0.4 is 0 Å². The summed E-state index contributed by atoms with van der Waals surface area (Å²) in [6.07, 6.45) is 6.81. The molecular weight excluding hydrogens is 220 g/mol. The second-order valence-corrected chi connectivity index (χ2v) is 5.61. The normalized spacial score (nSPS) is 11.4. The van der Waals surface area contributed by atoms with Crippen LogP contribution in [0.3, 0.4) is 0 Å². The maximum Gasteiger partial charge on any atom is 0.0991 e. The molecule has 0 atom stereocenters. The summed E-state index contributed by atoms with van der Waals surface area (Å²) in [6.45, 7) is 9.01. The molecule has 0 aliphatic carbocycles. The Kier molecular flexibility index (Phi) is 3.85. The third-order valence-corrected chi connectivity index (χ3v) is 3.18. The van der Waals surface area contributed by atoms with Crippen LogP contribution in [0.5, 0.6) is 0 Å². The fraction of sp³-hybridized carbons (Fsp3) is 0.438. The lowest BCUT2D eigenvalue weighted by Gasteiger charge is -2.15. The van der Waals surface area contributed by atoms with E-state index in [-0.39, 0.29) is 0 Å². The van der Waals surface area contributed by atoms with Crippen LogP contribution in [0.25, 0.3) is 5.69 Å². The predicted octanol–water partition coefficient (Wildman–Crippen LogP) is 4.19. The van der Waals surface area contributed by atoms with E-state index in [9.17, 15) is 0 Å². The van der Waals surface area contributed by atoms with E-state index in [1.54, 1.807) is 0 Å². The molecule has 0 aliphatic rings. The molecule has 2 nitrogen and oxygen atoms in total. The summed E-state index contributed by atoms with van der Waals surface area (Å²) in [5.41, 5.74) is 4.08. The molecule has 1 aromatic heterocycles. The first-order valence-corrected chi connectivity index (χ1v) is 6.69. The topological polar surface area (TPSA) is 17.8 Å². The van der Waals surface area contributed by atoms with E-state index in [4.69, 9.17) is 0 Å². The smallest absolute Gasteiger partial charge is 0.0991 e. The largest absolute Gasteiger partial charge is 0.306 e. The van der Waals surface area contributed by atoms with Crippen LogP contribution in [-0.4, -0.2) is 9.55 Å². The van der Waals surface area contributed by atoms with Crippen molar-refractivity contribution in [3.8, 4) is 5.69 Å². The highest BCUT2D eigenvalue weighted by molar-refractivity contribution is 5.44. The number of rotatable bonds is 4. The molecule has 0 fully saturated rings. The van der Waals surface area contributed by atoms with E-state index in [1.807, 2.05) is 18.7 Å². The van der Waals surface area contributed by atoms with Gasteiger partial charge in [0.1, 0.15) is 0 Å². The maximum absolute atomic E-state index is 4.14. The van der Waals surface area contributed by atoms with Gasteiger partial charge in [0.15, 0.2) is 0 Å². The third kappa shape index (κ3) is 2.81. The summed E-state index contributed by atoms with van der Waals surface area (Å²) in [6, 6.07) is 6.79. The summed E-state index contributed by atoms with van der Waals surface area (Å²) in [5.74, 6) is 1.24. The molecule has 0 saturated heterocycles. The molecule has 1 heterocycles. The van der Waals surface area contributed by atoms with Gasteiger partial charge < -0.3 is 4.57 Å². The molecule has 1 aromatic carbocycles. The molecule has 0 N–H and O–H groups in total. The summed E-state index contributed by atoms with van der Waals surface area (Å²) in [4.78, 5) is 4.14. The number of hydrogen-bond acceptors (Lipinski definition) is 1. The van der Waals surface area contributed by atoms with Crippen LogP contribution in [0.4, 0.5) is 0 Å². The van der Waals surface area contributed by atoms with E-state index in [0.29, 0.717) is 11.8 Å². The molecule has 0 bridgehead atoms. The summed E-state index contributed by atoms with van der Waals surface area (Å²) >= 11 is 0. The van der Waals surface area contributed by atoms with Gasteiger partial charge in [-0.1, -0.05) is 39.8 Å². The van der Waals surface area contributed by atoms with Crippen molar-refractivity contribution in [2.45, 2.75) is 40.0 Å². The lowest BCUT2D eigenvalue weighted by molar-refractivity contribution is 0.643. The molecule has 0 spiro atoms. The van der Waals surface area contributed by atoms with Crippen molar-refractivity contribution in [3.63, 3.8) is 0 Å². The molecule has 0 radical (unpaired) electrons. The average Bonchev–Trinajstić information content (AvgIpc) is 2.81. The molecule has 0 saturated carbocycles. The minimum Gasteiger partial charge on any atom is -0.306 e. The van der Waals surface area contributed by atoms with Crippen molar-refractivity contribution < 1.29 is 0 Å². The number of hydrogen-bond donors (Lipinski definition) is 0. The van der Waals surface area contributed by atoms with E-state index < -0.39 is 0 Å². The first-order valence-electron chi connectivity index (χ1n) is 6.69. The van der Waals surface area contributed by atoms with Crippen LogP contribution >= 0.6 is 0 Å². The lowest BCUT2D eigenvalue weighted by Crippen LogP contribution is -2.03. The van der Waals surface area contributed by atoms with E-state index >= 15 is 0 Å². The molecule has 0 unspecified atom stereocenters. The molecule has 96 valence electrons. The maximum atomic E-state index is 4.14. The monoisotopic (exact) mass is 242 g/mol. The minimum absolute atomic E-state index is 0.577. The van der Waals surface area contributed by atoms with Gasteiger partial charge in [-0.3, -0.25) is 0 Å². The van der Waals surface area contributed by atoms with Crippen molar-refractivity contribution in [1.29, 1.82) is 0 Å². The van der Waals surface area contributed by atoms with Gasteiger partial charge in [0.2, 0.25) is 0 Å². The van der Waals surface area contributed by atoms with Crippen molar-refractivity contribution in [2.75, 3.05) is 0 Å². The van der Waals surface area contributed by atoms with Crippen LogP contribution in [0.15, 0.2) is 36.9 Å². The van der Waals surface area contributed by atoms with E-state index in [1.165, 1.54) is 16.8 Å². The van der Waals surface area contributed by atoms with Gasteiger partial charge in [0.25, 0.3) is 0 Å². The molecular formula is C16H22N2. The fourth-order valence-corrected chi connectivity index (χ4v) is 2.22. The number of aromatic nitrogens is 2. The minimum atomic E-state index is 0.577. The summed E-state index contributed by atoms with van der Waals surface area (Å²) in [5, 5.41) is 0. The molecule has 0 amide bonds. The second-order valence-electron chi connectivity index (χ2n) is 5.61. The second kappa shape index (κ2) is 5.38. The Morgan fingerprint density at radius 1 is 1.17 bits per heavy atom. The van der Waals surface area contributed by atoms with Crippen LogP contribution in [0, 0.1) is 5.92 Å². The number of imidazole rings is 1. The van der Waals surface area contributed by atoms with Crippen molar-refractivity contribution >= 4 is 0 Å². The van der Waals surface area contributed by atoms with Gasteiger partial charge >= 0.3 is 0 Å². The van der Waals surface area contributed by atoms with E-state index in [0.717, 1.165) is 6.42 Å². The van der Waals surface area contributed by atoms with E-state index in [2.05, 4.69) is 55.4 Å². The lowest BCUT2D eigenvalue weighted by atomic mass is 9.95. The first kappa shape index (κ1) is 12.9.